The number of benzene rings is 1. The molecule has 0 radical (unpaired) electrons. The van der Waals surface area contributed by atoms with E-state index in [-0.39, 0.29) is 22.9 Å². The highest BCUT2D eigenvalue weighted by atomic mass is 19.1. The van der Waals surface area contributed by atoms with E-state index in [4.69, 9.17) is 10.2 Å². The van der Waals surface area contributed by atoms with Crippen molar-refractivity contribution >= 4 is 5.69 Å². The van der Waals surface area contributed by atoms with Gasteiger partial charge in [0.1, 0.15) is 5.82 Å². The molecule has 18 heavy (non-hydrogen) atoms. The fourth-order valence-corrected chi connectivity index (χ4v) is 1.45. The van der Waals surface area contributed by atoms with Crippen LogP contribution in [0.3, 0.4) is 0 Å². The Morgan fingerprint density at radius 3 is 2.78 bits per heavy atom. The number of rotatable bonds is 3. The molecule has 0 saturated carbocycles. The second-order valence-electron chi connectivity index (χ2n) is 3.81. The molecule has 0 saturated heterocycles. The smallest absolute Gasteiger partial charge is 0.273 e. The van der Waals surface area contributed by atoms with E-state index in [9.17, 15) is 14.5 Å². The van der Waals surface area contributed by atoms with Crippen molar-refractivity contribution in [1.82, 2.24) is 4.98 Å². The molecule has 0 aliphatic rings. The third kappa shape index (κ3) is 2.35. The van der Waals surface area contributed by atoms with Gasteiger partial charge in [0.05, 0.1) is 23.2 Å². The fourth-order valence-electron chi connectivity index (χ4n) is 1.45. The third-order valence-corrected chi connectivity index (χ3v) is 2.29. The minimum absolute atomic E-state index is 0.241. The molecule has 0 spiro atoms. The number of nitrogens with zero attached hydrogens (tertiary/aromatic N) is 2. The van der Waals surface area contributed by atoms with Crippen molar-refractivity contribution in [1.29, 1.82) is 0 Å². The van der Waals surface area contributed by atoms with Crippen molar-refractivity contribution in [2.75, 3.05) is 0 Å². The molecule has 0 aliphatic heterocycles. The molecule has 1 heterocycles. The van der Waals surface area contributed by atoms with Crippen molar-refractivity contribution < 1.29 is 13.7 Å². The van der Waals surface area contributed by atoms with Gasteiger partial charge in [-0.2, -0.15) is 0 Å². The first-order valence-electron chi connectivity index (χ1n) is 5.14. The highest BCUT2D eigenvalue weighted by Gasteiger charge is 2.15. The second-order valence-corrected chi connectivity index (χ2v) is 3.81. The number of nitro groups is 1. The van der Waals surface area contributed by atoms with Crippen LogP contribution in [0.2, 0.25) is 0 Å². The summed E-state index contributed by atoms with van der Waals surface area (Å²) in [5.41, 5.74) is 5.48. The van der Waals surface area contributed by atoms with Crippen LogP contribution in [0.1, 0.15) is 18.9 Å². The van der Waals surface area contributed by atoms with Gasteiger partial charge in [-0.1, -0.05) is 0 Å². The molecule has 6 nitrogen and oxygen atoms in total. The molecule has 0 aliphatic carbocycles. The number of nitro benzene ring substituents is 1. The molecule has 2 aromatic rings. The Morgan fingerprint density at radius 1 is 1.50 bits per heavy atom. The Hall–Kier alpha value is -2.28. The Morgan fingerprint density at radius 2 is 2.22 bits per heavy atom. The molecular weight excluding hydrogens is 241 g/mol. The standard InChI is InChI=1S/C11H10FN3O3/c1-6(13)11-14-5-10(18-11)7-2-8(12)4-9(3-7)15(16)17/h2-6H,13H2,1H3. The highest BCUT2D eigenvalue weighted by molar-refractivity contribution is 5.60. The van der Waals surface area contributed by atoms with Gasteiger partial charge in [0, 0.05) is 11.6 Å². The highest BCUT2D eigenvalue weighted by Crippen LogP contribution is 2.27. The fraction of sp³-hybridized carbons (Fsp3) is 0.182. The zero-order valence-corrected chi connectivity index (χ0v) is 9.46. The zero-order valence-electron chi connectivity index (χ0n) is 9.46. The Balaban J connectivity index is 2.46. The maximum atomic E-state index is 13.2. The van der Waals surface area contributed by atoms with Crippen LogP contribution in [-0.2, 0) is 0 Å². The van der Waals surface area contributed by atoms with Crippen molar-refractivity contribution in [2.45, 2.75) is 13.0 Å². The average molecular weight is 251 g/mol. The number of nitrogens with two attached hydrogens (primary N) is 1. The third-order valence-electron chi connectivity index (χ3n) is 2.29. The summed E-state index contributed by atoms with van der Waals surface area (Å²) >= 11 is 0. The van der Waals surface area contributed by atoms with E-state index < -0.39 is 16.8 Å². The van der Waals surface area contributed by atoms with E-state index in [2.05, 4.69) is 4.98 Å². The average Bonchev–Trinajstić information content (AvgIpc) is 2.77. The van der Waals surface area contributed by atoms with Crippen molar-refractivity contribution in [3.8, 4) is 11.3 Å². The molecule has 7 heteroatoms. The summed E-state index contributed by atoms with van der Waals surface area (Å²) in [6, 6.07) is 2.79. The molecule has 1 atom stereocenters. The van der Waals surface area contributed by atoms with E-state index in [1.54, 1.807) is 6.92 Å². The normalized spacial score (nSPS) is 12.4. The maximum absolute atomic E-state index is 13.2. The van der Waals surface area contributed by atoms with E-state index in [1.807, 2.05) is 0 Å². The molecular formula is C11H10FN3O3. The number of aromatic nitrogens is 1. The number of hydrogen-bond donors (Lipinski definition) is 1. The van der Waals surface area contributed by atoms with Gasteiger partial charge >= 0.3 is 0 Å². The topological polar surface area (TPSA) is 95.2 Å². The maximum Gasteiger partial charge on any atom is 0.273 e. The van der Waals surface area contributed by atoms with E-state index in [0.29, 0.717) is 0 Å². The molecule has 94 valence electrons. The molecule has 2 N–H and O–H groups in total. The first-order chi connectivity index (χ1) is 8.47. The summed E-state index contributed by atoms with van der Waals surface area (Å²) in [6.07, 6.45) is 1.36. The van der Waals surface area contributed by atoms with Crippen LogP contribution in [0, 0.1) is 15.9 Å². The number of hydrogen-bond acceptors (Lipinski definition) is 5. The summed E-state index contributed by atoms with van der Waals surface area (Å²) in [7, 11) is 0. The summed E-state index contributed by atoms with van der Waals surface area (Å²) in [4.78, 5) is 13.9. The van der Waals surface area contributed by atoms with Crippen LogP contribution in [0.5, 0.6) is 0 Å². The van der Waals surface area contributed by atoms with Gasteiger partial charge in [-0.3, -0.25) is 10.1 Å². The van der Waals surface area contributed by atoms with Crippen molar-refractivity contribution in [2.24, 2.45) is 5.73 Å². The van der Waals surface area contributed by atoms with Gasteiger partial charge in [-0.25, -0.2) is 9.37 Å². The summed E-state index contributed by atoms with van der Waals surface area (Å²) < 4.78 is 18.5. The van der Waals surface area contributed by atoms with E-state index >= 15 is 0 Å². The first kappa shape index (κ1) is 12.2. The number of oxazole rings is 1. The molecule has 0 fully saturated rings. The number of non-ortho nitro benzene ring substituents is 1. The first-order valence-corrected chi connectivity index (χ1v) is 5.14. The van der Waals surface area contributed by atoms with Crippen LogP contribution in [0.25, 0.3) is 11.3 Å². The van der Waals surface area contributed by atoms with Gasteiger partial charge in [0.25, 0.3) is 5.69 Å². The lowest BCUT2D eigenvalue weighted by Gasteiger charge is -1.99. The molecule has 0 amide bonds. The molecule has 1 aromatic heterocycles. The predicted octanol–water partition coefficient (Wildman–Crippen LogP) is 2.41. The van der Waals surface area contributed by atoms with Gasteiger partial charge in [-0.05, 0) is 13.0 Å². The van der Waals surface area contributed by atoms with Crippen molar-refractivity contribution in [3.05, 3.63) is 46.2 Å². The van der Waals surface area contributed by atoms with Crippen LogP contribution in [0.4, 0.5) is 10.1 Å². The molecule has 0 bridgehead atoms. The Kier molecular flexibility index (Phi) is 3.07. The quantitative estimate of drug-likeness (QED) is 0.667. The Labute approximate surface area is 101 Å². The number of halogens is 1. The minimum atomic E-state index is -0.710. The summed E-state index contributed by atoms with van der Waals surface area (Å²) in [6.45, 7) is 1.68. The SMILES string of the molecule is CC(N)c1ncc(-c2cc(F)cc([N+](=O)[O-])c2)o1. The second kappa shape index (κ2) is 4.53. The lowest BCUT2D eigenvalue weighted by molar-refractivity contribution is -0.385. The predicted molar refractivity (Wildman–Crippen MR) is 61.2 cm³/mol. The molecule has 1 unspecified atom stereocenters. The van der Waals surface area contributed by atoms with Crippen LogP contribution >= 0.6 is 0 Å². The minimum Gasteiger partial charge on any atom is -0.439 e. The van der Waals surface area contributed by atoms with Crippen LogP contribution in [-0.4, -0.2) is 9.91 Å². The van der Waals surface area contributed by atoms with E-state index in [0.717, 1.165) is 12.1 Å². The largest absolute Gasteiger partial charge is 0.439 e. The lowest BCUT2D eigenvalue weighted by atomic mass is 10.1. The summed E-state index contributed by atoms with van der Waals surface area (Å²) in [5.74, 6) is -0.181. The molecule has 1 aromatic carbocycles. The van der Waals surface area contributed by atoms with Crippen molar-refractivity contribution in [3.63, 3.8) is 0 Å². The summed E-state index contributed by atoms with van der Waals surface area (Å²) in [5, 5.41) is 10.6. The van der Waals surface area contributed by atoms with Gasteiger partial charge in [0.15, 0.2) is 5.76 Å². The van der Waals surface area contributed by atoms with Crippen LogP contribution < -0.4 is 5.73 Å². The Bertz CT molecular complexity index is 595. The van der Waals surface area contributed by atoms with Crippen LogP contribution in [0.15, 0.2) is 28.8 Å². The molecule has 2 rings (SSSR count). The van der Waals surface area contributed by atoms with Gasteiger partial charge < -0.3 is 10.2 Å². The van der Waals surface area contributed by atoms with Gasteiger partial charge in [-0.15, -0.1) is 0 Å². The zero-order chi connectivity index (χ0) is 13.3. The van der Waals surface area contributed by atoms with E-state index in [1.165, 1.54) is 12.3 Å². The lowest BCUT2D eigenvalue weighted by Crippen LogP contribution is -2.04. The monoisotopic (exact) mass is 251 g/mol. The van der Waals surface area contributed by atoms with Gasteiger partial charge in [0.2, 0.25) is 5.89 Å².